The molecule has 128 valence electrons. The zero-order valence-electron chi connectivity index (χ0n) is 14.1. The van der Waals surface area contributed by atoms with Crippen LogP contribution in [0, 0.1) is 5.92 Å². The summed E-state index contributed by atoms with van der Waals surface area (Å²) in [6, 6.07) is -0.752. The summed E-state index contributed by atoms with van der Waals surface area (Å²) in [7, 11) is 1.62. The highest BCUT2D eigenvalue weighted by Crippen LogP contribution is 2.34. The molecule has 1 saturated carbocycles. The van der Waals surface area contributed by atoms with Gasteiger partial charge in [0, 0.05) is 20.1 Å². The van der Waals surface area contributed by atoms with E-state index in [0.29, 0.717) is 13.1 Å². The molecule has 7 heteroatoms. The van der Waals surface area contributed by atoms with Gasteiger partial charge in [-0.2, -0.15) is 0 Å². The molecule has 2 rings (SSSR count). The first-order valence-electron chi connectivity index (χ1n) is 8.05. The Labute approximate surface area is 137 Å². The Balaban J connectivity index is 2.11. The first-order chi connectivity index (χ1) is 10.8. The molecule has 0 bridgehead atoms. The second-order valence-electron chi connectivity index (χ2n) is 6.63. The molecule has 7 nitrogen and oxygen atoms in total. The van der Waals surface area contributed by atoms with Crippen molar-refractivity contribution in [3.05, 3.63) is 12.7 Å². The number of primary amides is 1. The number of urea groups is 1. The highest BCUT2D eigenvalue weighted by molar-refractivity contribution is 5.88. The summed E-state index contributed by atoms with van der Waals surface area (Å²) in [4.78, 5) is 41.4. The van der Waals surface area contributed by atoms with Crippen LogP contribution in [0.25, 0.3) is 0 Å². The molecule has 0 unspecified atom stereocenters. The minimum atomic E-state index is -0.631. The molecule has 0 radical (unpaired) electrons. The molecule has 1 aliphatic heterocycles. The van der Waals surface area contributed by atoms with Crippen LogP contribution < -0.4 is 5.73 Å². The Kier molecular flexibility index (Phi) is 4.97. The van der Waals surface area contributed by atoms with Gasteiger partial charge in [0.05, 0.1) is 12.1 Å². The van der Waals surface area contributed by atoms with E-state index in [9.17, 15) is 14.4 Å². The molecule has 23 heavy (non-hydrogen) atoms. The van der Waals surface area contributed by atoms with Crippen LogP contribution in [0.5, 0.6) is 0 Å². The fourth-order valence-electron chi connectivity index (χ4n) is 3.66. The summed E-state index contributed by atoms with van der Waals surface area (Å²) in [6.07, 6.45) is 3.08. The smallest absolute Gasteiger partial charge is 0.320 e. The highest BCUT2D eigenvalue weighted by atomic mass is 16.2. The van der Waals surface area contributed by atoms with Crippen molar-refractivity contribution >= 4 is 17.8 Å². The number of rotatable bonds is 4. The molecule has 0 aromatic heterocycles. The number of nitrogens with zero attached hydrogens (tertiary/aromatic N) is 3. The molecule has 0 aromatic carbocycles. The third-order valence-electron chi connectivity index (χ3n) is 4.93. The van der Waals surface area contributed by atoms with E-state index in [1.54, 1.807) is 16.8 Å². The Morgan fingerprint density at radius 2 is 1.70 bits per heavy atom. The summed E-state index contributed by atoms with van der Waals surface area (Å²) in [5.74, 6) is -0.638. The van der Waals surface area contributed by atoms with E-state index in [4.69, 9.17) is 5.73 Å². The van der Waals surface area contributed by atoms with Crippen LogP contribution in [-0.2, 0) is 9.59 Å². The van der Waals surface area contributed by atoms with Gasteiger partial charge in [-0.1, -0.05) is 20.4 Å². The Morgan fingerprint density at radius 1 is 1.17 bits per heavy atom. The highest BCUT2D eigenvalue weighted by Gasteiger charge is 2.47. The van der Waals surface area contributed by atoms with Crippen LogP contribution in [0.15, 0.2) is 12.7 Å². The van der Waals surface area contributed by atoms with E-state index in [2.05, 4.69) is 6.58 Å². The Bertz CT molecular complexity index is 519. The van der Waals surface area contributed by atoms with Crippen LogP contribution in [0.3, 0.4) is 0 Å². The monoisotopic (exact) mass is 322 g/mol. The second-order valence-corrected chi connectivity index (χ2v) is 6.63. The van der Waals surface area contributed by atoms with Gasteiger partial charge >= 0.3 is 6.03 Å². The number of carbonyl (C=O) groups is 3. The van der Waals surface area contributed by atoms with Crippen molar-refractivity contribution < 1.29 is 14.4 Å². The van der Waals surface area contributed by atoms with E-state index in [0.717, 1.165) is 12.8 Å². The minimum Gasteiger partial charge on any atom is -0.368 e. The van der Waals surface area contributed by atoms with Crippen molar-refractivity contribution in [3.8, 4) is 0 Å². The maximum absolute atomic E-state index is 12.8. The molecular weight excluding hydrogens is 296 g/mol. The number of nitrogens with two attached hydrogens (primary N) is 1. The normalized spacial score (nSPS) is 24.5. The fraction of sp³-hybridized carbons (Fsp3) is 0.688. The lowest BCUT2D eigenvalue weighted by molar-refractivity contribution is -0.136. The number of hydrogen-bond donors (Lipinski definition) is 1. The molecule has 1 aliphatic carbocycles. The molecule has 4 amide bonds. The van der Waals surface area contributed by atoms with Gasteiger partial charge in [-0.25, -0.2) is 4.79 Å². The molecule has 1 saturated heterocycles. The summed E-state index contributed by atoms with van der Waals surface area (Å²) in [6.45, 7) is 8.23. The van der Waals surface area contributed by atoms with Gasteiger partial charge in [-0.05, 0) is 24.8 Å². The van der Waals surface area contributed by atoms with Crippen molar-refractivity contribution in [1.82, 2.24) is 14.7 Å². The number of carbonyl (C=O) groups excluding carboxylic acids is 3. The standard InChI is InChI=1S/C16H26N4O3/c1-5-13(21)19-8-9-20(12-7-6-11(12)19)16(23)18(4)14(10(2)3)15(17)22/h5,10-12,14H,1,6-9H2,2-4H3,(H2,17,22)/t11-,12+,14-/m0/s1. The van der Waals surface area contributed by atoms with Crippen molar-refractivity contribution in [3.63, 3.8) is 0 Å². The van der Waals surface area contributed by atoms with Crippen molar-refractivity contribution in [2.75, 3.05) is 20.1 Å². The number of hydrogen-bond acceptors (Lipinski definition) is 3. The lowest BCUT2D eigenvalue weighted by Gasteiger charge is -2.54. The minimum absolute atomic E-state index is 0.0169. The Hall–Kier alpha value is -2.05. The molecular formula is C16H26N4O3. The maximum Gasteiger partial charge on any atom is 0.320 e. The van der Waals surface area contributed by atoms with E-state index >= 15 is 0 Å². The molecule has 0 spiro atoms. The lowest BCUT2D eigenvalue weighted by atomic mass is 9.81. The van der Waals surface area contributed by atoms with Gasteiger partial charge in [0.1, 0.15) is 6.04 Å². The van der Waals surface area contributed by atoms with Gasteiger partial charge in [-0.3, -0.25) is 9.59 Å². The van der Waals surface area contributed by atoms with E-state index in [1.165, 1.54) is 11.0 Å². The van der Waals surface area contributed by atoms with E-state index < -0.39 is 11.9 Å². The quantitative estimate of drug-likeness (QED) is 0.761. The average Bonchev–Trinajstić information content (AvgIpc) is 2.45. The largest absolute Gasteiger partial charge is 0.368 e. The zero-order chi connectivity index (χ0) is 17.3. The average molecular weight is 322 g/mol. The van der Waals surface area contributed by atoms with Gasteiger partial charge in [-0.15, -0.1) is 0 Å². The number of amides is 4. The van der Waals surface area contributed by atoms with Gasteiger partial charge in [0.2, 0.25) is 11.8 Å². The van der Waals surface area contributed by atoms with Crippen LogP contribution in [0.1, 0.15) is 26.7 Å². The third kappa shape index (κ3) is 3.04. The summed E-state index contributed by atoms with van der Waals surface area (Å²) >= 11 is 0. The number of piperazine rings is 1. The van der Waals surface area contributed by atoms with Gasteiger partial charge < -0.3 is 20.4 Å². The van der Waals surface area contributed by atoms with E-state index in [1.807, 2.05) is 13.8 Å². The topological polar surface area (TPSA) is 87.0 Å². The fourth-order valence-corrected chi connectivity index (χ4v) is 3.66. The molecule has 3 atom stereocenters. The van der Waals surface area contributed by atoms with Gasteiger partial charge in [0.25, 0.3) is 0 Å². The predicted octanol–water partition coefficient (Wildman–Crippen LogP) is 0.409. The van der Waals surface area contributed by atoms with Crippen molar-refractivity contribution in [1.29, 1.82) is 0 Å². The van der Waals surface area contributed by atoms with Crippen molar-refractivity contribution in [2.24, 2.45) is 11.7 Å². The van der Waals surface area contributed by atoms with Crippen LogP contribution in [0.4, 0.5) is 4.79 Å². The molecule has 2 fully saturated rings. The summed E-state index contributed by atoms with van der Waals surface area (Å²) in [5, 5.41) is 0. The summed E-state index contributed by atoms with van der Waals surface area (Å²) in [5.41, 5.74) is 5.45. The number of likely N-dealkylation sites (N-methyl/N-ethyl adjacent to an activating group) is 1. The molecule has 2 aliphatic rings. The number of fused-ring (bicyclic) bond motifs is 1. The SMILES string of the molecule is C=CC(=O)N1CCN(C(=O)N(C)[C@H](C(N)=O)C(C)C)[C@@H]2CC[C@@H]21. The molecule has 1 heterocycles. The zero-order valence-corrected chi connectivity index (χ0v) is 14.1. The van der Waals surface area contributed by atoms with Crippen molar-refractivity contribution in [2.45, 2.75) is 44.8 Å². The first kappa shape index (κ1) is 17.3. The maximum atomic E-state index is 12.8. The predicted molar refractivity (Wildman–Crippen MR) is 86.4 cm³/mol. The summed E-state index contributed by atoms with van der Waals surface area (Å²) < 4.78 is 0. The van der Waals surface area contributed by atoms with Crippen LogP contribution >= 0.6 is 0 Å². The molecule has 2 N–H and O–H groups in total. The Morgan fingerprint density at radius 3 is 2.13 bits per heavy atom. The lowest BCUT2D eigenvalue weighted by Crippen LogP contribution is -2.69. The van der Waals surface area contributed by atoms with Crippen LogP contribution in [-0.4, -0.2) is 70.8 Å². The molecule has 0 aromatic rings. The first-order valence-corrected chi connectivity index (χ1v) is 8.05. The van der Waals surface area contributed by atoms with E-state index in [-0.39, 0.29) is 29.9 Å². The third-order valence-corrected chi connectivity index (χ3v) is 4.93. The van der Waals surface area contributed by atoms with Gasteiger partial charge in [0.15, 0.2) is 0 Å². The van der Waals surface area contributed by atoms with Crippen LogP contribution in [0.2, 0.25) is 0 Å². The second kappa shape index (κ2) is 6.60.